The summed E-state index contributed by atoms with van der Waals surface area (Å²) >= 11 is 0. The van der Waals surface area contributed by atoms with E-state index in [1.807, 2.05) is 0 Å². The number of unbranched alkanes of at least 4 members (excludes halogenated alkanes) is 3. The number of aliphatic imine (C=N–C) groups is 1. The maximum absolute atomic E-state index is 5.42. The van der Waals surface area contributed by atoms with Gasteiger partial charge in [-0.25, -0.2) is 0 Å². The van der Waals surface area contributed by atoms with Gasteiger partial charge in [0.1, 0.15) is 0 Å². The number of allylic oxidation sites excluding steroid dienone is 2. The van der Waals surface area contributed by atoms with Crippen LogP contribution in [0.1, 0.15) is 71.1 Å². The Morgan fingerprint density at radius 1 is 1.00 bits per heavy atom. The van der Waals surface area contributed by atoms with Crippen molar-refractivity contribution in [2.45, 2.75) is 95.8 Å². The van der Waals surface area contributed by atoms with Crippen molar-refractivity contribution in [3.05, 3.63) is 42.0 Å². The zero-order valence-electron chi connectivity index (χ0n) is 19.0. The molecule has 1 aromatic carbocycles. The molecule has 1 nitrogen and oxygen atoms in total. The number of nitrogens with zero attached hydrogens (tertiary/aromatic N) is 1. The molecule has 0 heterocycles. The Hall–Kier alpha value is -1.15. The summed E-state index contributed by atoms with van der Waals surface area (Å²) in [4.78, 5) is 5.42. The van der Waals surface area contributed by atoms with Gasteiger partial charge in [0.15, 0.2) is 0 Å². The molecule has 158 valence electrons. The summed E-state index contributed by atoms with van der Waals surface area (Å²) in [6.07, 6.45) is 18.7. The molecule has 0 amide bonds. The topological polar surface area (TPSA) is 12.4 Å². The number of benzene rings is 1. The molecule has 4 aliphatic carbocycles. The molecular weight excluding hydrogens is 366 g/mol. The van der Waals surface area contributed by atoms with Gasteiger partial charge in [-0.2, -0.15) is 0 Å². The van der Waals surface area contributed by atoms with E-state index in [9.17, 15) is 0 Å². The highest BCUT2D eigenvalue weighted by Crippen LogP contribution is 2.57. The second kappa shape index (κ2) is 8.92. The predicted octanol–water partition coefficient (Wildman–Crippen LogP) is 7.15. The van der Waals surface area contributed by atoms with Gasteiger partial charge in [0.05, 0.1) is 13.6 Å². The number of hydrogen-bond donors (Lipinski definition) is 0. The van der Waals surface area contributed by atoms with Crippen molar-refractivity contribution < 1.29 is 0 Å². The molecular formula is C27H41NSi. The van der Waals surface area contributed by atoms with Crippen LogP contribution in [0.5, 0.6) is 0 Å². The first-order chi connectivity index (χ1) is 14.0. The Labute approximate surface area is 180 Å². The summed E-state index contributed by atoms with van der Waals surface area (Å²) in [6, 6.07) is 12.5. The van der Waals surface area contributed by atoms with Crippen LogP contribution in [0.15, 0.2) is 47.0 Å². The maximum Gasteiger partial charge on any atom is 0.0849 e. The van der Waals surface area contributed by atoms with Crippen molar-refractivity contribution in [3.8, 4) is 0 Å². The Bertz CT molecular complexity index is 695. The third-order valence-corrected chi connectivity index (χ3v) is 11.1. The minimum absolute atomic E-state index is 0.301. The fourth-order valence-corrected chi connectivity index (χ4v) is 9.35. The largest absolute Gasteiger partial charge is 0.286 e. The smallest absolute Gasteiger partial charge is 0.0849 e. The number of hydrogen-bond acceptors (Lipinski definition) is 1. The predicted molar refractivity (Wildman–Crippen MR) is 130 cm³/mol. The quantitative estimate of drug-likeness (QED) is 0.234. The maximum atomic E-state index is 5.42. The lowest BCUT2D eigenvalue weighted by Crippen LogP contribution is -2.49. The van der Waals surface area contributed by atoms with Crippen LogP contribution >= 0.6 is 0 Å². The molecule has 0 saturated heterocycles. The van der Waals surface area contributed by atoms with Gasteiger partial charge in [-0.3, -0.25) is 4.99 Å². The van der Waals surface area contributed by atoms with Crippen LogP contribution < -0.4 is 5.19 Å². The van der Waals surface area contributed by atoms with Crippen molar-refractivity contribution in [3.63, 3.8) is 0 Å². The Kier molecular flexibility index (Phi) is 6.49. The zero-order chi connectivity index (χ0) is 20.3. The van der Waals surface area contributed by atoms with Crippen molar-refractivity contribution in [2.24, 2.45) is 22.7 Å². The van der Waals surface area contributed by atoms with Gasteiger partial charge >= 0.3 is 0 Å². The summed E-state index contributed by atoms with van der Waals surface area (Å²) in [5.41, 5.74) is 1.83. The van der Waals surface area contributed by atoms with Crippen LogP contribution in [0.2, 0.25) is 19.1 Å². The molecule has 0 atom stereocenters. The van der Waals surface area contributed by atoms with E-state index in [-0.39, 0.29) is 0 Å². The van der Waals surface area contributed by atoms with E-state index in [0.717, 1.165) is 17.8 Å². The Morgan fingerprint density at radius 2 is 1.62 bits per heavy atom. The van der Waals surface area contributed by atoms with Crippen molar-refractivity contribution in [1.82, 2.24) is 0 Å². The molecule has 29 heavy (non-hydrogen) atoms. The van der Waals surface area contributed by atoms with Crippen LogP contribution in [-0.4, -0.2) is 19.8 Å². The molecule has 0 aliphatic heterocycles. The second-order valence-electron chi connectivity index (χ2n) is 11.1. The van der Waals surface area contributed by atoms with E-state index in [0.29, 0.717) is 5.54 Å². The van der Waals surface area contributed by atoms with Crippen LogP contribution in [0, 0.1) is 17.8 Å². The molecule has 5 rings (SSSR count). The van der Waals surface area contributed by atoms with E-state index in [4.69, 9.17) is 4.99 Å². The van der Waals surface area contributed by atoms with Crippen molar-refractivity contribution in [1.29, 1.82) is 0 Å². The van der Waals surface area contributed by atoms with Gasteiger partial charge in [-0.05, 0) is 80.7 Å². The molecule has 0 unspecified atom stereocenters. The molecule has 2 heteroatoms. The average molecular weight is 408 g/mol. The third-order valence-electron chi connectivity index (χ3n) is 7.93. The van der Waals surface area contributed by atoms with E-state index >= 15 is 0 Å². The highest BCUT2D eigenvalue weighted by atomic mass is 28.3. The fourth-order valence-electron chi connectivity index (χ4n) is 6.80. The van der Waals surface area contributed by atoms with Crippen LogP contribution in [0.4, 0.5) is 0 Å². The lowest BCUT2D eigenvalue weighted by Gasteiger charge is -2.55. The highest BCUT2D eigenvalue weighted by molar-refractivity contribution is 6.90. The molecule has 1 aromatic rings. The average Bonchev–Trinajstić information content (AvgIpc) is 2.69. The standard InChI is InChI=1S/C27H41NSi/c1-4-5-6-8-11-22(21-29(2,3)26-12-9-7-10-13-26)20-28-27-17-23-14-24(18-27)16-25(15-23)19-27/h7,9-13,20,23-25H,4-6,8,14-19,21H2,1-3H3/b22-11+,28-20?. The Balaban J connectivity index is 1.50. The van der Waals surface area contributed by atoms with Crippen LogP contribution in [-0.2, 0) is 0 Å². The first-order valence-corrected chi connectivity index (χ1v) is 15.5. The molecule has 4 aliphatic rings. The molecule has 0 spiro atoms. The van der Waals surface area contributed by atoms with Gasteiger partial charge in [-0.15, -0.1) is 0 Å². The van der Waals surface area contributed by atoms with Gasteiger partial charge < -0.3 is 0 Å². The highest BCUT2D eigenvalue weighted by Gasteiger charge is 2.50. The second-order valence-corrected chi connectivity index (χ2v) is 15.8. The zero-order valence-corrected chi connectivity index (χ0v) is 20.0. The van der Waals surface area contributed by atoms with Gasteiger partial charge in [0, 0.05) is 6.21 Å². The first-order valence-electron chi connectivity index (χ1n) is 12.3. The molecule has 4 bridgehead atoms. The minimum Gasteiger partial charge on any atom is -0.286 e. The molecule has 4 saturated carbocycles. The first kappa shape index (κ1) is 21.1. The SMILES string of the molecule is CCCCC/C=C(\C=NC12CC3CC(CC(C3)C1)C2)C[Si](C)(C)c1ccccc1. The summed E-state index contributed by atoms with van der Waals surface area (Å²) in [6.45, 7) is 7.35. The summed E-state index contributed by atoms with van der Waals surface area (Å²) in [7, 11) is -1.50. The van der Waals surface area contributed by atoms with Gasteiger partial charge in [0.25, 0.3) is 0 Å². The lowest BCUT2D eigenvalue weighted by atomic mass is 9.53. The van der Waals surface area contributed by atoms with Crippen LogP contribution in [0.3, 0.4) is 0 Å². The van der Waals surface area contributed by atoms with Crippen molar-refractivity contribution in [2.75, 3.05) is 0 Å². The van der Waals surface area contributed by atoms with E-state index in [1.54, 1.807) is 5.19 Å². The monoisotopic (exact) mass is 407 g/mol. The molecule has 0 aromatic heterocycles. The summed E-state index contributed by atoms with van der Waals surface area (Å²) in [5, 5.41) is 1.57. The van der Waals surface area contributed by atoms with Crippen molar-refractivity contribution >= 4 is 19.5 Å². The van der Waals surface area contributed by atoms with Crippen LogP contribution in [0.25, 0.3) is 0 Å². The molecule has 0 N–H and O–H groups in total. The fraction of sp³-hybridized carbons (Fsp3) is 0.667. The van der Waals surface area contributed by atoms with Gasteiger partial charge in [0.2, 0.25) is 0 Å². The lowest BCUT2D eigenvalue weighted by molar-refractivity contribution is 0.00194. The number of rotatable bonds is 9. The van der Waals surface area contributed by atoms with E-state index < -0.39 is 8.07 Å². The normalized spacial score (nSPS) is 31.7. The molecule has 4 fully saturated rings. The molecule has 0 radical (unpaired) electrons. The summed E-state index contributed by atoms with van der Waals surface area (Å²) < 4.78 is 0. The van der Waals surface area contributed by atoms with Gasteiger partial charge in [-0.1, -0.05) is 74.5 Å². The third kappa shape index (κ3) is 5.13. The van der Waals surface area contributed by atoms with E-state index in [1.165, 1.54) is 75.8 Å². The summed E-state index contributed by atoms with van der Waals surface area (Å²) in [5.74, 6) is 2.93. The van der Waals surface area contributed by atoms with E-state index in [2.05, 4.69) is 62.6 Å². The Morgan fingerprint density at radius 3 is 2.21 bits per heavy atom. The minimum atomic E-state index is -1.50.